The fourth-order valence-corrected chi connectivity index (χ4v) is 7.16. The Morgan fingerprint density at radius 3 is 2.48 bits per heavy atom. The van der Waals surface area contributed by atoms with Gasteiger partial charge in [-0.15, -0.1) is 10.2 Å². The van der Waals surface area contributed by atoms with Gasteiger partial charge in [0.2, 0.25) is 0 Å². The molecule has 1 aliphatic carbocycles. The molecule has 0 radical (unpaired) electrons. The molecule has 3 heteroatoms. The number of benzene rings is 1. The number of hydrogen-bond donors (Lipinski definition) is 2. The zero-order valence-corrected chi connectivity index (χ0v) is 15.1. The molecule has 2 aliphatic rings. The Hall–Kier alpha value is -1.03. The molecule has 1 aliphatic heterocycles. The summed E-state index contributed by atoms with van der Waals surface area (Å²) in [6.07, 6.45) is 9.64. The van der Waals surface area contributed by atoms with Gasteiger partial charge < -0.3 is 5.11 Å². The van der Waals surface area contributed by atoms with Crippen LogP contribution < -0.4 is 4.72 Å². The fraction of sp³-hybridized carbons (Fsp3) is 0.500. The van der Waals surface area contributed by atoms with Crippen molar-refractivity contribution in [3.63, 3.8) is 0 Å². The molecule has 2 N–H and O–H groups in total. The van der Waals surface area contributed by atoms with E-state index in [0.717, 1.165) is 5.56 Å². The van der Waals surface area contributed by atoms with Gasteiger partial charge in [-0.25, -0.2) is 0 Å². The number of allylic oxidation sites excluding steroid dienone is 2. The number of aliphatic hydroxyl groups is 1. The minimum atomic E-state index is -1.58. The molecule has 2 atom stereocenters. The third-order valence-electron chi connectivity index (χ3n) is 5.47. The smallest absolute Gasteiger partial charge is 0.138 e. The lowest BCUT2D eigenvalue weighted by Crippen LogP contribution is -2.35. The van der Waals surface area contributed by atoms with Gasteiger partial charge in [0.25, 0.3) is 0 Å². The molecule has 1 heterocycles. The van der Waals surface area contributed by atoms with Gasteiger partial charge in [-0.2, -0.15) is 0 Å². The normalized spacial score (nSPS) is 30.5. The maximum Gasteiger partial charge on any atom is 0.138 e. The largest absolute Gasteiger partial charge is 0.375 e. The van der Waals surface area contributed by atoms with E-state index in [-0.39, 0.29) is 0 Å². The molecule has 3 rings (SSSR count). The van der Waals surface area contributed by atoms with Crippen LogP contribution in [0.2, 0.25) is 0 Å². The van der Waals surface area contributed by atoms with Gasteiger partial charge in [0.15, 0.2) is 0 Å². The number of nitrogens with one attached hydrogen (secondary N) is 1. The lowest BCUT2D eigenvalue weighted by atomic mass is 9.84. The van der Waals surface area contributed by atoms with Gasteiger partial charge in [-0.3, -0.25) is 4.72 Å². The summed E-state index contributed by atoms with van der Waals surface area (Å²) >= 11 is 0. The summed E-state index contributed by atoms with van der Waals surface area (Å²) in [5.41, 5.74) is 2.45. The molecular weight excluding hydrogens is 302 g/mol. The molecule has 0 amide bonds. The van der Waals surface area contributed by atoms with Crippen LogP contribution in [0.5, 0.6) is 0 Å². The Kier molecular flexibility index (Phi) is 5.00. The molecular formula is C20H29NOS. The predicted octanol–water partition coefficient (Wildman–Crippen LogP) is 5.17. The first kappa shape index (κ1) is 16.8. The van der Waals surface area contributed by atoms with Crippen LogP contribution in [-0.4, -0.2) is 12.2 Å². The van der Waals surface area contributed by atoms with Crippen LogP contribution in [0, 0.1) is 5.92 Å². The molecule has 0 bridgehead atoms. The Bertz CT molecular complexity index is 591. The first-order valence-corrected chi connectivity index (χ1v) is 10.6. The maximum absolute atomic E-state index is 11.6. The zero-order valence-electron chi connectivity index (χ0n) is 14.3. The fourth-order valence-electron chi connectivity index (χ4n) is 3.99. The van der Waals surface area contributed by atoms with Gasteiger partial charge in [0.05, 0.1) is 0 Å². The van der Waals surface area contributed by atoms with Gasteiger partial charge in [-0.05, 0) is 54.2 Å². The van der Waals surface area contributed by atoms with E-state index < -0.39 is 15.1 Å². The Labute approximate surface area is 142 Å². The molecule has 1 aromatic rings. The van der Waals surface area contributed by atoms with Gasteiger partial charge in [-0.1, -0.05) is 62.6 Å². The van der Waals surface area contributed by atoms with Crippen LogP contribution in [0.25, 0.3) is 0 Å². The first-order chi connectivity index (χ1) is 11.1. The van der Waals surface area contributed by atoms with E-state index in [2.05, 4.69) is 40.7 Å². The summed E-state index contributed by atoms with van der Waals surface area (Å²) in [6, 6.07) is 10.1. The lowest BCUT2D eigenvalue weighted by molar-refractivity contribution is 0.128. The summed E-state index contributed by atoms with van der Waals surface area (Å²) in [5.74, 6) is 0.680. The third-order valence-corrected chi connectivity index (χ3v) is 9.00. The van der Waals surface area contributed by atoms with Crippen LogP contribution in [0.4, 0.5) is 0 Å². The predicted molar refractivity (Wildman–Crippen MR) is 101 cm³/mol. The van der Waals surface area contributed by atoms with Crippen molar-refractivity contribution in [1.29, 1.82) is 0 Å². The molecule has 2 unspecified atom stereocenters. The average molecular weight is 332 g/mol. The van der Waals surface area contributed by atoms with Crippen LogP contribution in [0.3, 0.4) is 0 Å². The second kappa shape index (κ2) is 6.84. The van der Waals surface area contributed by atoms with E-state index in [0.29, 0.717) is 12.3 Å². The minimum absolute atomic E-state index is 0.680. The summed E-state index contributed by atoms with van der Waals surface area (Å²) in [7, 11) is 0.412. The molecule has 0 saturated heterocycles. The molecule has 1 fully saturated rings. The van der Waals surface area contributed by atoms with Crippen molar-refractivity contribution in [3.8, 4) is 0 Å². The first-order valence-electron chi connectivity index (χ1n) is 8.84. The Morgan fingerprint density at radius 2 is 1.87 bits per heavy atom. The van der Waals surface area contributed by atoms with E-state index in [1.54, 1.807) is 0 Å². The van der Waals surface area contributed by atoms with E-state index in [1.165, 1.54) is 37.7 Å². The van der Waals surface area contributed by atoms with E-state index in [9.17, 15) is 5.11 Å². The standard InChI is InChI=1S/C20H29NOS/c1-3-20(22,19-12-8-5-9-13-19)23(21-2)15-14-18(16-23)17-10-6-4-7-11-17/h5,8-9,12-17,21-22H,3-4,6-7,10-11H2,1-2H3. The van der Waals surface area contributed by atoms with Crippen LogP contribution in [0.1, 0.15) is 51.0 Å². The van der Waals surface area contributed by atoms with Crippen molar-refractivity contribution in [3.05, 3.63) is 58.4 Å². The van der Waals surface area contributed by atoms with E-state index >= 15 is 0 Å². The molecule has 1 aromatic carbocycles. The van der Waals surface area contributed by atoms with Crippen molar-refractivity contribution in [2.45, 2.75) is 50.4 Å². The molecule has 23 heavy (non-hydrogen) atoms. The second-order valence-electron chi connectivity index (χ2n) is 6.67. The third kappa shape index (κ3) is 2.90. The highest BCUT2D eigenvalue weighted by atomic mass is 32.3. The van der Waals surface area contributed by atoms with Crippen molar-refractivity contribution in [1.82, 2.24) is 4.72 Å². The molecule has 2 nitrogen and oxygen atoms in total. The number of hydrogen-bond acceptors (Lipinski definition) is 2. The molecule has 1 saturated carbocycles. The van der Waals surface area contributed by atoms with Crippen molar-refractivity contribution >= 4 is 10.2 Å². The van der Waals surface area contributed by atoms with Crippen molar-refractivity contribution in [2.24, 2.45) is 5.92 Å². The second-order valence-corrected chi connectivity index (χ2v) is 9.68. The van der Waals surface area contributed by atoms with Crippen LogP contribution in [-0.2, 0) is 4.93 Å². The summed E-state index contributed by atoms with van der Waals surface area (Å²) in [4.78, 5) is -0.851. The van der Waals surface area contributed by atoms with E-state index in [4.69, 9.17) is 0 Å². The van der Waals surface area contributed by atoms with Gasteiger partial charge >= 0.3 is 0 Å². The highest BCUT2D eigenvalue weighted by Crippen LogP contribution is 2.66. The summed E-state index contributed by atoms with van der Waals surface area (Å²) < 4.78 is 3.51. The lowest BCUT2D eigenvalue weighted by Gasteiger charge is -2.47. The zero-order chi connectivity index (χ0) is 16.3. The highest BCUT2D eigenvalue weighted by Gasteiger charge is 2.44. The monoisotopic (exact) mass is 331 g/mol. The van der Waals surface area contributed by atoms with Gasteiger partial charge in [0.1, 0.15) is 4.93 Å². The summed E-state index contributed by atoms with van der Waals surface area (Å²) in [6.45, 7) is 2.08. The number of rotatable bonds is 5. The molecule has 0 aromatic heterocycles. The van der Waals surface area contributed by atoms with Crippen LogP contribution >= 0.6 is 10.2 Å². The minimum Gasteiger partial charge on any atom is -0.375 e. The quantitative estimate of drug-likeness (QED) is 0.780. The highest BCUT2D eigenvalue weighted by molar-refractivity contribution is 8.37. The van der Waals surface area contributed by atoms with Crippen LogP contribution in [0.15, 0.2) is 52.8 Å². The summed E-state index contributed by atoms with van der Waals surface area (Å²) in [5, 5.41) is 16.3. The van der Waals surface area contributed by atoms with Crippen molar-refractivity contribution < 1.29 is 5.11 Å². The molecule has 126 valence electrons. The SMILES string of the molecule is CCC(O)(c1ccccc1)S1(NC)C=CC(C2CCCCC2)=C1. The Balaban J connectivity index is 1.97. The topological polar surface area (TPSA) is 32.3 Å². The molecule has 0 spiro atoms. The maximum atomic E-state index is 11.6. The van der Waals surface area contributed by atoms with Crippen molar-refractivity contribution in [2.75, 3.05) is 7.05 Å². The van der Waals surface area contributed by atoms with E-state index in [1.807, 2.05) is 25.2 Å². The average Bonchev–Trinajstić information content (AvgIpc) is 3.09. The van der Waals surface area contributed by atoms with Gasteiger partial charge in [0, 0.05) is 0 Å². The Morgan fingerprint density at radius 1 is 1.17 bits per heavy atom.